The third kappa shape index (κ3) is 7.32. The lowest BCUT2D eigenvalue weighted by molar-refractivity contribution is 0.0131. The highest BCUT2D eigenvalue weighted by atomic mass is 32.2. The van der Waals surface area contributed by atoms with Crippen molar-refractivity contribution in [3.05, 3.63) is 70.8 Å². The molecule has 11 heteroatoms. The van der Waals surface area contributed by atoms with E-state index in [4.69, 9.17) is 14.2 Å². The van der Waals surface area contributed by atoms with Crippen LogP contribution < -0.4 is 19.7 Å². The lowest BCUT2D eigenvalue weighted by atomic mass is 9.68. The first-order chi connectivity index (χ1) is 24.1. The van der Waals surface area contributed by atoms with E-state index in [2.05, 4.69) is 56.6 Å². The average molecular weight is 705 g/mol. The number of benzene rings is 2. The first-order valence-electron chi connectivity index (χ1n) is 18.3. The Balaban J connectivity index is 1.26. The van der Waals surface area contributed by atoms with E-state index in [1.165, 1.54) is 16.7 Å². The standard InChI is InChI=1S/C39H52N4O6S/c1-25-10-14-32-27(17-25)8-6-16-39(32)23-43-20-29-11-13-31(29)35(48-4)9-5-7-26(2)22-50(46,42-38(45)40-33-18-30(33)21-47-3)41-37(44)28-12-15-36(49-24-39)34(43)19-28/h5,9-10,12,14-15,17,19,26,29-31,33,35H,6-8,11,13,16,18,20-24H2,1-4H3,(H2,40,41,42,44,45,46)/b9-5+/t26-,29-,30+,31+,33-,35-,39-,50?/m0/s1. The highest BCUT2D eigenvalue weighted by molar-refractivity contribution is 7.92. The molecule has 2 N–H and O–H groups in total. The van der Waals surface area contributed by atoms with Gasteiger partial charge in [-0.1, -0.05) is 42.8 Å². The molecule has 1 spiro atoms. The van der Waals surface area contributed by atoms with E-state index in [-0.39, 0.29) is 35.1 Å². The number of rotatable bonds is 5. The van der Waals surface area contributed by atoms with E-state index in [0.29, 0.717) is 37.0 Å². The number of anilines is 1. The average Bonchev–Trinajstić information content (AvgIpc) is 3.82. The lowest BCUT2D eigenvalue weighted by Crippen LogP contribution is -2.49. The Kier molecular flexibility index (Phi) is 10.0. The molecule has 0 saturated heterocycles. The minimum Gasteiger partial charge on any atom is -0.490 e. The van der Waals surface area contributed by atoms with Crippen molar-refractivity contribution in [1.82, 2.24) is 10.0 Å². The zero-order valence-corrected chi connectivity index (χ0v) is 30.6. The van der Waals surface area contributed by atoms with Crippen LogP contribution in [0, 0.1) is 30.6 Å². The van der Waals surface area contributed by atoms with Gasteiger partial charge in [0.15, 0.2) is 0 Å². The second kappa shape index (κ2) is 14.3. The van der Waals surface area contributed by atoms with Crippen molar-refractivity contribution < 1.29 is 28.0 Å². The summed E-state index contributed by atoms with van der Waals surface area (Å²) in [6, 6.07) is 11.6. The summed E-state index contributed by atoms with van der Waals surface area (Å²) in [5.74, 6) is 1.04. The summed E-state index contributed by atoms with van der Waals surface area (Å²) >= 11 is 0. The maximum Gasteiger partial charge on any atom is 0.327 e. The van der Waals surface area contributed by atoms with E-state index in [9.17, 15) is 13.8 Å². The molecule has 10 nitrogen and oxygen atoms in total. The number of allylic oxidation sites excluding steroid dienone is 1. The second-order valence-corrected chi connectivity index (χ2v) is 17.5. The third-order valence-electron chi connectivity index (χ3n) is 11.6. The minimum absolute atomic E-state index is 0.0339. The quantitative estimate of drug-likeness (QED) is 0.369. The molecule has 2 aliphatic heterocycles. The van der Waals surface area contributed by atoms with Crippen LogP contribution in [0.3, 0.4) is 0 Å². The molecule has 2 aromatic carbocycles. The van der Waals surface area contributed by atoms with Gasteiger partial charge in [-0.25, -0.2) is 9.00 Å². The monoisotopic (exact) mass is 704 g/mol. The van der Waals surface area contributed by atoms with Crippen LogP contribution in [0.4, 0.5) is 10.5 Å². The Hall–Kier alpha value is -3.41. The zero-order valence-electron chi connectivity index (χ0n) is 29.8. The van der Waals surface area contributed by atoms with Crippen LogP contribution in [0.25, 0.3) is 0 Å². The Morgan fingerprint density at radius 1 is 1.18 bits per heavy atom. The zero-order chi connectivity index (χ0) is 35.0. The van der Waals surface area contributed by atoms with Crippen LogP contribution >= 0.6 is 0 Å². The molecule has 2 aromatic rings. The number of aryl methyl sites for hydroxylation is 2. The number of amides is 3. The van der Waals surface area contributed by atoms with E-state index in [1.54, 1.807) is 20.3 Å². The number of ether oxygens (including phenoxy) is 3. The maximum atomic E-state index is 14.4. The summed E-state index contributed by atoms with van der Waals surface area (Å²) in [6.45, 7) is 6.80. The third-order valence-corrected chi connectivity index (χ3v) is 13.6. The molecule has 2 heterocycles. The molecule has 0 aromatic heterocycles. The molecule has 2 fully saturated rings. The van der Waals surface area contributed by atoms with E-state index in [1.807, 2.05) is 19.1 Å². The number of nitrogens with zero attached hydrogens (tertiary/aromatic N) is 2. The van der Waals surface area contributed by atoms with Crippen molar-refractivity contribution in [2.75, 3.05) is 51.2 Å². The molecule has 2 saturated carbocycles. The van der Waals surface area contributed by atoms with Crippen LogP contribution in [-0.2, 0) is 31.2 Å². The summed E-state index contributed by atoms with van der Waals surface area (Å²) in [5.41, 5.74) is 5.02. The molecule has 2 bridgehead atoms. The van der Waals surface area contributed by atoms with Gasteiger partial charge in [0.05, 0.1) is 30.8 Å². The first-order valence-corrected chi connectivity index (χ1v) is 19.9. The topological polar surface area (TPSA) is 119 Å². The number of carbonyl (C=O) groups excluding carboxylic acids is 2. The van der Waals surface area contributed by atoms with Crippen molar-refractivity contribution in [3.8, 4) is 5.75 Å². The number of carbonyl (C=O) groups is 2. The molecular weight excluding hydrogens is 653 g/mol. The van der Waals surface area contributed by atoms with E-state index >= 15 is 0 Å². The fourth-order valence-corrected chi connectivity index (χ4v) is 10.5. The van der Waals surface area contributed by atoms with E-state index in [0.717, 1.165) is 63.1 Å². The number of urea groups is 1. The number of methoxy groups -OCH3 is 2. The Morgan fingerprint density at radius 3 is 2.82 bits per heavy atom. The number of nitrogens with one attached hydrogen (secondary N) is 2. The van der Waals surface area contributed by atoms with Gasteiger partial charge in [-0.15, -0.1) is 4.36 Å². The summed E-state index contributed by atoms with van der Waals surface area (Å²) in [6.07, 6.45) is 11.0. The van der Waals surface area contributed by atoms with Crippen molar-refractivity contribution in [2.45, 2.75) is 76.4 Å². The van der Waals surface area contributed by atoms with Gasteiger partial charge in [0, 0.05) is 50.2 Å². The predicted molar refractivity (Wildman–Crippen MR) is 195 cm³/mol. The highest BCUT2D eigenvalue weighted by Crippen LogP contribution is 2.47. The summed E-state index contributed by atoms with van der Waals surface area (Å²) in [4.78, 5) is 29.4. The van der Waals surface area contributed by atoms with Gasteiger partial charge in [0.2, 0.25) is 0 Å². The molecule has 8 atom stereocenters. The van der Waals surface area contributed by atoms with Crippen LogP contribution in [0.5, 0.6) is 5.75 Å². The van der Waals surface area contributed by atoms with Gasteiger partial charge in [-0.3, -0.25) is 9.52 Å². The van der Waals surface area contributed by atoms with Gasteiger partial charge >= 0.3 is 6.03 Å². The van der Waals surface area contributed by atoms with Gasteiger partial charge in [0.25, 0.3) is 5.91 Å². The molecule has 3 aliphatic carbocycles. The van der Waals surface area contributed by atoms with Gasteiger partial charge in [-0.05, 0) is 98.9 Å². The van der Waals surface area contributed by atoms with Crippen LogP contribution in [0.1, 0.15) is 72.5 Å². The van der Waals surface area contributed by atoms with E-state index < -0.39 is 21.9 Å². The molecule has 3 amide bonds. The Bertz CT molecular complexity index is 1770. The SMILES string of the molecule is COC[C@H]1C[C@@H]1NC(=O)NS1(=O)=NC(=O)c2ccc3c(c2)N(C[C@@H]2CC[C@H]2[C@@H](OC)/C=C/C[C@H](C)C1)C[C@@]1(CCCc2cc(C)ccc21)CO3. The van der Waals surface area contributed by atoms with Gasteiger partial charge in [0.1, 0.15) is 15.7 Å². The normalized spacial score (nSPS) is 34.2. The number of hydrogen-bond acceptors (Lipinski definition) is 7. The van der Waals surface area contributed by atoms with Crippen LogP contribution in [0.15, 0.2) is 52.9 Å². The predicted octanol–water partition coefficient (Wildman–Crippen LogP) is 5.96. The Labute approximate surface area is 297 Å². The largest absolute Gasteiger partial charge is 0.490 e. The lowest BCUT2D eigenvalue weighted by Gasteiger charge is -2.46. The number of hydrogen-bond donors (Lipinski definition) is 2. The van der Waals surface area contributed by atoms with Crippen LogP contribution in [-0.4, -0.2) is 74.6 Å². The molecule has 7 rings (SSSR count). The van der Waals surface area contributed by atoms with Crippen LogP contribution in [0.2, 0.25) is 0 Å². The van der Waals surface area contributed by atoms with Crippen molar-refractivity contribution in [3.63, 3.8) is 0 Å². The highest BCUT2D eigenvalue weighted by Gasteiger charge is 2.44. The summed E-state index contributed by atoms with van der Waals surface area (Å²) in [5, 5.41) is 2.88. The molecular formula is C39H52N4O6S. The fraction of sp³-hybridized carbons (Fsp3) is 0.590. The van der Waals surface area contributed by atoms with Gasteiger partial charge < -0.3 is 24.4 Å². The van der Waals surface area contributed by atoms with Crippen molar-refractivity contribution in [1.29, 1.82) is 0 Å². The summed E-state index contributed by atoms with van der Waals surface area (Å²) in [7, 11) is -0.0584. The summed E-state index contributed by atoms with van der Waals surface area (Å²) < 4.78 is 39.3. The first kappa shape index (κ1) is 35.0. The molecule has 5 aliphatic rings. The smallest absolute Gasteiger partial charge is 0.327 e. The van der Waals surface area contributed by atoms with Crippen molar-refractivity contribution in [2.24, 2.45) is 28.0 Å². The molecule has 1 unspecified atom stereocenters. The van der Waals surface area contributed by atoms with Gasteiger partial charge in [-0.2, -0.15) is 0 Å². The maximum absolute atomic E-state index is 14.4. The Morgan fingerprint density at radius 2 is 2.04 bits per heavy atom. The fourth-order valence-electron chi connectivity index (χ4n) is 8.69. The molecule has 0 radical (unpaired) electrons. The minimum atomic E-state index is -3.47. The van der Waals surface area contributed by atoms with Crippen molar-refractivity contribution >= 4 is 27.5 Å². The number of fused-ring (bicyclic) bond motifs is 4. The molecule has 270 valence electrons. The second-order valence-electron chi connectivity index (χ2n) is 15.5. The molecule has 50 heavy (non-hydrogen) atoms.